The zero-order chi connectivity index (χ0) is 16.8. The van der Waals surface area contributed by atoms with Crippen LogP contribution < -0.4 is 0 Å². The van der Waals surface area contributed by atoms with Gasteiger partial charge in [-0.2, -0.15) is 0 Å². The number of benzene rings is 2. The molecule has 0 saturated heterocycles. The van der Waals surface area contributed by atoms with Gasteiger partial charge in [0.2, 0.25) is 0 Å². The Labute approximate surface area is 144 Å². The van der Waals surface area contributed by atoms with Gasteiger partial charge >= 0.3 is 0 Å². The highest BCUT2D eigenvalue weighted by Crippen LogP contribution is 2.23. The summed E-state index contributed by atoms with van der Waals surface area (Å²) in [6.45, 7) is 2.27. The minimum atomic E-state index is -0.217. The second kappa shape index (κ2) is 7.97. The quantitative estimate of drug-likeness (QED) is 0.489. The predicted molar refractivity (Wildman–Crippen MR) is 100 cm³/mol. The van der Waals surface area contributed by atoms with Crippen molar-refractivity contribution in [2.24, 2.45) is 0 Å². The molecule has 0 fully saturated rings. The van der Waals surface area contributed by atoms with Crippen LogP contribution in [0.1, 0.15) is 12.5 Å². The van der Waals surface area contributed by atoms with Gasteiger partial charge in [-0.3, -0.25) is 0 Å². The Morgan fingerprint density at radius 3 is 1.96 bits per heavy atom. The molecule has 122 valence electrons. The van der Waals surface area contributed by atoms with Gasteiger partial charge in [-0.15, -0.1) is 0 Å². The van der Waals surface area contributed by atoms with E-state index in [0.717, 1.165) is 28.9 Å². The van der Waals surface area contributed by atoms with Gasteiger partial charge in [-0.1, -0.05) is 55.4 Å². The zero-order valence-corrected chi connectivity index (χ0v) is 15.3. The standard InChI is InChI=1S/C20H21FN2Si/c1-2-24-12-11-15-13-22-20(23-14-15)18-5-3-16(4-6-18)17-7-9-19(21)10-8-17/h3-10,13-14H,2,11-12,24H2,1H3. The lowest BCUT2D eigenvalue weighted by atomic mass is 10.0. The lowest BCUT2D eigenvalue weighted by Crippen LogP contribution is -1.95. The molecule has 0 spiro atoms. The van der Waals surface area contributed by atoms with E-state index >= 15 is 0 Å². The number of nitrogens with zero attached hydrogens (tertiary/aromatic N) is 2. The Morgan fingerprint density at radius 1 is 0.833 bits per heavy atom. The Hall–Kier alpha value is -2.33. The van der Waals surface area contributed by atoms with E-state index in [1.165, 1.54) is 29.8 Å². The van der Waals surface area contributed by atoms with Crippen LogP contribution in [0.15, 0.2) is 60.9 Å². The fourth-order valence-corrected chi connectivity index (χ4v) is 3.82. The number of halogens is 1. The normalized spacial score (nSPS) is 11.2. The van der Waals surface area contributed by atoms with Crippen LogP contribution in [0.2, 0.25) is 12.1 Å². The molecule has 3 rings (SSSR count). The van der Waals surface area contributed by atoms with Crippen molar-refractivity contribution in [3.63, 3.8) is 0 Å². The molecule has 3 aromatic rings. The number of aryl methyl sites for hydroxylation is 1. The van der Waals surface area contributed by atoms with E-state index < -0.39 is 0 Å². The molecule has 1 aromatic heterocycles. The van der Waals surface area contributed by atoms with Gasteiger partial charge in [-0.05, 0) is 35.2 Å². The van der Waals surface area contributed by atoms with E-state index in [1.54, 1.807) is 12.1 Å². The van der Waals surface area contributed by atoms with Crippen molar-refractivity contribution < 1.29 is 4.39 Å². The minimum absolute atomic E-state index is 0.106. The highest BCUT2D eigenvalue weighted by atomic mass is 28.2. The second-order valence-electron chi connectivity index (χ2n) is 5.96. The molecule has 0 saturated carbocycles. The van der Waals surface area contributed by atoms with Crippen molar-refractivity contribution in [2.45, 2.75) is 25.4 Å². The molecule has 0 aliphatic heterocycles. The van der Waals surface area contributed by atoms with Crippen molar-refractivity contribution >= 4 is 9.52 Å². The largest absolute Gasteiger partial charge is 0.236 e. The van der Waals surface area contributed by atoms with E-state index in [2.05, 4.69) is 16.9 Å². The first-order valence-corrected chi connectivity index (χ1v) is 10.4. The highest BCUT2D eigenvalue weighted by molar-refractivity contribution is 6.35. The minimum Gasteiger partial charge on any atom is -0.236 e. The molecule has 2 aromatic carbocycles. The lowest BCUT2D eigenvalue weighted by molar-refractivity contribution is 0.628. The maximum atomic E-state index is 13.0. The van der Waals surface area contributed by atoms with Gasteiger partial charge in [0.15, 0.2) is 5.82 Å². The number of hydrogen-bond donors (Lipinski definition) is 0. The first-order chi connectivity index (χ1) is 11.8. The highest BCUT2D eigenvalue weighted by Gasteiger charge is 2.03. The molecule has 2 nitrogen and oxygen atoms in total. The molecule has 0 N–H and O–H groups in total. The van der Waals surface area contributed by atoms with Crippen LogP contribution >= 0.6 is 0 Å². The Morgan fingerprint density at radius 2 is 1.38 bits per heavy atom. The Bertz CT molecular complexity index is 768. The first-order valence-electron chi connectivity index (χ1n) is 8.43. The third-order valence-corrected chi connectivity index (χ3v) is 5.66. The fraction of sp³-hybridized carbons (Fsp3) is 0.200. The maximum Gasteiger partial charge on any atom is 0.159 e. The van der Waals surface area contributed by atoms with Crippen molar-refractivity contribution in [3.8, 4) is 22.5 Å². The maximum absolute atomic E-state index is 13.0. The fourth-order valence-electron chi connectivity index (χ4n) is 2.67. The average Bonchev–Trinajstić information content (AvgIpc) is 2.63. The SMILES string of the molecule is CC[SiH2]CCc1cnc(-c2ccc(-c3ccc(F)cc3)cc2)nc1. The van der Waals surface area contributed by atoms with Gasteiger partial charge in [-0.25, -0.2) is 14.4 Å². The summed E-state index contributed by atoms with van der Waals surface area (Å²) in [5, 5.41) is 0. The van der Waals surface area contributed by atoms with Crippen molar-refractivity contribution in [2.75, 3.05) is 0 Å². The lowest BCUT2D eigenvalue weighted by Gasteiger charge is -2.05. The smallest absolute Gasteiger partial charge is 0.159 e. The summed E-state index contributed by atoms with van der Waals surface area (Å²) in [6.07, 6.45) is 4.99. The van der Waals surface area contributed by atoms with Crippen LogP contribution in [0.4, 0.5) is 4.39 Å². The van der Waals surface area contributed by atoms with Crippen LogP contribution in [-0.4, -0.2) is 19.5 Å². The zero-order valence-electron chi connectivity index (χ0n) is 13.9. The Balaban J connectivity index is 1.72. The predicted octanol–water partition coefficient (Wildman–Crippen LogP) is 4.52. The van der Waals surface area contributed by atoms with Crippen molar-refractivity contribution in [1.82, 2.24) is 9.97 Å². The molecule has 0 unspecified atom stereocenters. The van der Waals surface area contributed by atoms with E-state index in [-0.39, 0.29) is 15.3 Å². The topological polar surface area (TPSA) is 25.8 Å². The number of hydrogen-bond acceptors (Lipinski definition) is 2. The molecule has 0 atom stereocenters. The molecule has 0 aliphatic carbocycles. The number of aromatic nitrogens is 2. The van der Waals surface area contributed by atoms with Gasteiger partial charge in [0.1, 0.15) is 5.82 Å². The van der Waals surface area contributed by atoms with Crippen LogP contribution in [0.25, 0.3) is 22.5 Å². The molecule has 24 heavy (non-hydrogen) atoms. The van der Waals surface area contributed by atoms with Gasteiger partial charge < -0.3 is 0 Å². The van der Waals surface area contributed by atoms with Crippen LogP contribution in [0.3, 0.4) is 0 Å². The number of rotatable bonds is 6. The molecule has 0 amide bonds. The molecule has 0 radical (unpaired) electrons. The molecular weight excluding hydrogens is 315 g/mol. The summed E-state index contributed by atoms with van der Waals surface area (Å²) >= 11 is 0. The van der Waals surface area contributed by atoms with Crippen LogP contribution in [0.5, 0.6) is 0 Å². The van der Waals surface area contributed by atoms with Crippen LogP contribution in [0, 0.1) is 5.82 Å². The molecule has 0 aliphatic rings. The molecular formula is C20H21FN2Si. The molecule has 4 heteroatoms. The average molecular weight is 336 g/mol. The summed E-state index contributed by atoms with van der Waals surface area (Å²) < 4.78 is 13.0. The molecule has 0 bridgehead atoms. The third-order valence-electron chi connectivity index (χ3n) is 4.09. The van der Waals surface area contributed by atoms with E-state index in [1.807, 2.05) is 36.7 Å². The van der Waals surface area contributed by atoms with E-state index in [4.69, 9.17) is 0 Å². The second-order valence-corrected chi connectivity index (χ2v) is 8.37. The monoisotopic (exact) mass is 336 g/mol. The van der Waals surface area contributed by atoms with Gasteiger partial charge in [0.05, 0.1) is 0 Å². The van der Waals surface area contributed by atoms with Crippen molar-refractivity contribution in [1.29, 1.82) is 0 Å². The van der Waals surface area contributed by atoms with E-state index in [9.17, 15) is 4.39 Å². The molecule has 1 heterocycles. The van der Waals surface area contributed by atoms with Gasteiger partial charge in [0, 0.05) is 27.5 Å². The third kappa shape index (κ3) is 4.14. The summed E-state index contributed by atoms with van der Waals surface area (Å²) in [4.78, 5) is 8.99. The summed E-state index contributed by atoms with van der Waals surface area (Å²) in [7, 11) is 0.106. The summed E-state index contributed by atoms with van der Waals surface area (Å²) in [5.41, 5.74) is 4.28. The van der Waals surface area contributed by atoms with Crippen LogP contribution in [-0.2, 0) is 6.42 Å². The first kappa shape index (κ1) is 16.5. The summed E-state index contributed by atoms with van der Waals surface area (Å²) in [5.74, 6) is 0.530. The Kier molecular flexibility index (Phi) is 5.49. The summed E-state index contributed by atoms with van der Waals surface area (Å²) in [6, 6.07) is 17.3. The van der Waals surface area contributed by atoms with Gasteiger partial charge in [0.25, 0.3) is 0 Å². The van der Waals surface area contributed by atoms with E-state index in [0.29, 0.717) is 0 Å². The van der Waals surface area contributed by atoms with Crippen molar-refractivity contribution in [3.05, 3.63) is 72.3 Å².